The van der Waals surface area contributed by atoms with Crippen LogP contribution in [-0.4, -0.2) is 11.7 Å². The summed E-state index contributed by atoms with van der Waals surface area (Å²) >= 11 is 0. The summed E-state index contributed by atoms with van der Waals surface area (Å²) in [6.45, 7) is 0.0921. The zero-order valence-electron chi connectivity index (χ0n) is 11.0. The minimum atomic E-state index is -4.36. The van der Waals surface area contributed by atoms with Crippen molar-refractivity contribution in [1.29, 1.82) is 0 Å². The summed E-state index contributed by atoms with van der Waals surface area (Å²) in [7, 11) is 0. The third-order valence-corrected chi connectivity index (χ3v) is 2.91. The lowest BCUT2D eigenvalue weighted by molar-refractivity contribution is -0.137. The van der Waals surface area contributed by atoms with Crippen LogP contribution in [0.1, 0.15) is 17.2 Å². The Kier molecular flexibility index (Phi) is 4.37. The van der Waals surface area contributed by atoms with Crippen LogP contribution in [0.4, 0.5) is 13.2 Å². The molecule has 0 radical (unpaired) electrons. The molecule has 21 heavy (non-hydrogen) atoms. The van der Waals surface area contributed by atoms with Gasteiger partial charge in [-0.1, -0.05) is 18.2 Å². The second-order valence-corrected chi connectivity index (χ2v) is 4.53. The molecule has 2 rings (SSSR count). The van der Waals surface area contributed by atoms with Gasteiger partial charge in [-0.3, -0.25) is 0 Å². The molecular weight excluding hydrogens is 283 g/mol. The Morgan fingerprint density at radius 2 is 1.76 bits per heavy atom. The lowest BCUT2D eigenvalue weighted by Crippen LogP contribution is -2.19. The maximum absolute atomic E-state index is 12.4. The second kappa shape index (κ2) is 6.05. The minimum absolute atomic E-state index is 0.0654. The highest BCUT2D eigenvalue weighted by Gasteiger charge is 2.30. The van der Waals surface area contributed by atoms with Gasteiger partial charge in [-0.05, 0) is 29.8 Å². The van der Waals surface area contributed by atoms with E-state index in [1.165, 1.54) is 24.3 Å². The van der Waals surface area contributed by atoms with Crippen molar-refractivity contribution in [2.45, 2.75) is 12.2 Å². The topological polar surface area (TPSA) is 55.5 Å². The van der Waals surface area contributed by atoms with Crippen LogP contribution in [0, 0.1) is 0 Å². The normalized spacial score (nSPS) is 13.0. The first-order valence-electron chi connectivity index (χ1n) is 6.21. The van der Waals surface area contributed by atoms with Crippen LogP contribution < -0.4 is 10.5 Å². The van der Waals surface area contributed by atoms with E-state index in [2.05, 4.69) is 0 Å². The smallest absolute Gasteiger partial charge is 0.416 e. The van der Waals surface area contributed by atoms with E-state index in [9.17, 15) is 18.3 Å². The standard InChI is InChI=1S/C15H14F3NO2/c16-15(17,18)11-6-4-10(5-7-11)14(19)9-21-13-3-1-2-12(20)8-13/h1-8,14,20H,9,19H2. The highest BCUT2D eigenvalue weighted by Crippen LogP contribution is 2.29. The minimum Gasteiger partial charge on any atom is -0.508 e. The Hall–Kier alpha value is -2.21. The fourth-order valence-corrected chi connectivity index (χ4v) is 1.77. The summed E-state index contributed by atoms with van der Waals surface area (Å²) < 4.78 is 42.7. The molecule has 1 atom stereocenters. The molecule has 0 aliphatic rings. The SMILES string of the molecule is NC(COc1cccc(O)c1)c1ccc(C(F)(F)F)cc1. The van der Waals surface area contributed by atoms with Gasteiger partial charge >= 0.3 is 6.18 Å². The van der Waals surface area contributed by atoms with Gasteiger partial charge in [-0.2, -0.15) is 13.2 Å². The number of phenols is 1. The lowest BCUT2D eigenvalue weighted by atomic mass is 10.1. The van der Waals surface area contributed by atoms with Gasteiger partial charge in [0.15, 0.2) is 0 Å². The molecule has 2 aromatic rings. The third-order valence-electron chi connectivity index (χ3n) is 2.91. The first-order chi connectivity index (χ1) is 9.86. The van der Waals surface area contributed by atoms with Crippen molar-refractivity contribution < 1.29 is 23.0 Å². The molecule has 0 saturated heterocycles. The highest BCUT2D eigenvalue weighted by molar-refractivity contribution is 5.32. The van der Waals surface area contributed by atoms with Crippen molar-refractivity contribution in [3.8, 4) is 11.5 Å². The fourth-order valence-electron chi connectivity index (χ4n) is 1.77. The first-order valence-corrected chi connectivity index (χ1v) is 6.21. The van der Waals surface area contributed by atoms with Crippen LogP contribution in [0.25, 0.3) is 0 Å². The van der Waals surface area contributed by atoms with E-state index in [0.717, 1.165) is 12.1 Å². The Morgan fingerprint density at radius 1 is 1.10 bits per heavy atom. The number of aromatic hydroxyl groups is 1. The molecular formula is C15H14F3NO2. The highest BCUT2D eigenvalue weighted by atomic mass is 19.4. The van der Waals surface area contributed by atoms with Crippen molar-refractivity contribution in [2.75, 3.05) is 6.61 Å². The van der Waals surface area contributed by atoms with E-state index in [1.54, 1.807) is 12.1 Å². The molecule has 0 bridgehead atoms. The number of alkyl halides is 3. The molecule has 0 aromatic heterocycles. The zero-order chi connectivity index (χ0) is 15.5. The molecule has 6 heteroatoms. The van der Waals surface area contributed by atoms with Crippen LogP contribution in [0.2, 0.25) is 0 Å². The van der Waals surface area contributed by atoms with Gasteiger partial charge in [0.1, 0.15) is 18.1 Å². The lowest BCUT2D eigenvalue weighted by Gasteiger charge is -2.15. The monoisotopic (exact) mass is 297 g/mol. The molecule has 112 valence electrons. The third kappa shape index (κ3) is 4.13. The summed E-state index contributed by atoms with van der Waals surface area (Å²) in [6, 6.07) is 10.3. The molecule has 0 aliphatic carbocycles. The van der Waals surface area contributed by atoms with Crippen LogP contribution >= 0.6 is 0 Å². The average Bonchev–Trinajstić information content (AvgIpc) is 2.44. The number of halogens is 3. The van der Waals surface area contributed by atoms with Crippen LogP contribution in [0.15, 0.2) is 48.5 Å². The number of nitrogens with two attached hydrogens (primary N) is 1. The molecule has 0 fully saturated rings. The summed E-state index contributed by atoms with van der Waals surface area (Å²) in [5, 5.41) is 9.28. The number of hydrogen-bond donors (Lipinski definition) is 2. The van der Waals surface area contributed by atoms with Gasteiger partial charge in [0.25, 0.3) is 0 Å². The number of phenolic OH excluding ortho intramolecular Hbond substituents is 1. The number of benzene rings is 2. The maximum Gasteiger partial charge on any atom is 0.416 e. The largest absolute Gasteiger partial charge is 0.508 e. The summed E-state index contributed by atoms with van der Waals surface area (Å²) in [6.07, 6.45) is -4.36. The summed E-state index contributed by atoms with van der Waals surface area (Å²) in [5.41, 5.74) is 5.70. The molecule has 0 heterocycles. The van der Waals surface area contributed by atoms with E-state index in [0.29, 0.717) is 11.3 Å². The van der Waals surface area contributed by atoms with Gasteiger partial charge in [0, 0.05) is 6.07 Å². The predicted molar refractivity (Wildman–Crippen MR) is 72.0 cm³/mol. The maximum atomic E-state index is 12.4. The zero-order valence-corrected chi connectivity index (χ0v) is 11.0. The van der Waals surface area contributed by atoms with E-state index < -0.39 is 17.8 Å². The van der Waals surface area contributed by atoms with Crippen molar-refractivity contribution in [3.05, 3.63) is 59.7 Å². The fraction of sp³-hybridized carbons (Fsp3) is 0.200. The first kappa shape index (κ1) is 15.2. The van der Waals surface area contributed by atoms with Crippen LogP contribution in [0.5, 0.6) is 11.5 Å². The van der Waals surface area contributed by atoms with Gasteiger partial charge in [0.05, 0.1) is 11.6 Å². The molecule has 3 nitrogen and oxygen atoms in total. The summed E-state index contributed by atoms with van der Waals surface area (Å²) in [5.74, 6) is 0.507. The van der Waals surface area contributed by atoms with Gasteiger partial charge in [0.2, 0.25) is 0 Å². The van der Waals surface area contributed by atoms with Crippen molar-refractivity contribution in [1.82, 2.24) is 0 Å². The van der Waals surface area contributed by atoms with Gasteiger partial charge < -0.3 is 15.6 Å². The van der Waals surface area contributed by atoms with Crippen LogP contribution in [0.3, 0.4) is 0 Å². The van der Waals surface area contributed by atoms with Crippen molar-refractivity contribution in [2.24, 2.45) is 5.73 Å². The van der Waals surface area contributed by atoms with E-state index >= 15 is 0 Å². The van der Waals surface area contributed by atoms with E-state index in [-0.39, 0.29) is 12.4 Å². The average molecular weight is 297 g/mol. The molecule has 0 saturated carbocycles. The Bertz CT molecular complexity index is 597. The Labute approximate surface area is 119 Å². The predicted octanol–water partition coefficient (Wildman–Crippen LogP) is 3.49. The molecule has 3 N–H and O–H groups in total. The number of ether oxygens (including phenoxy) is 1. The summed E-state index contributed by atoms with van der Waals surface area (Å²) in [4.78, 5) is 0. The molecule has 1 unspecified atom stereocenters. The number of rotatable bonds is 4. The van der Waals surface area contributed by atoms with E-state index in [4.69, 9.17) is 10.5 Å². The molecule has 0 amide bonds. The van der Waals surface area contributed by atoms with Crippen molar-refractivity contribution >= 4 is 0 Å². The molecule has 2 aromatic carbocycles. The van der Waals surface area contributed by atoms with E-state index in [1.807, 2.05) is 0 Å². The van der Waals surface area contributed by atoms with Crippen molar-refractivity contribution in [3.63, 3.8) is 0 Å². The van der Waals surface area contributed by atoms with Gasteiger partial charge in [-0.25, -0.2) is 0 Å². The number of hydrogen-bond acceptors (Lipinski definition) is 3. The Balaban J connectivity index is 1.99. The molecule has 0 spiro atoms. The Morgan fingerprint density at radius 3 is 2.33 bits per heavy atom. The van der Waals surface area contributed by atoms with Crippen LogP contribution in [-0.2, 0) is 6.18 Å². The quantitative estimate of drug-likeness (QED) is 0.908. The second-order valence-electron chi connectivity index (χ2n) is 4.53. The van der Waals surface area contributed by atoms with Gasteiger partial charge in [-0.15, -0.1) is 0 Å². The molecule has 0 aliphatic heterocycles.